The molecule has 0 atom stereocenters. The number of H-pyrrole nitrogens is 1. The molecule has 0 spiro atoms. The average Bonchev–Trinajstić information content (AvgIpc) is 3.26. The van der Waals surface area contributed by atoms with Crippen LogP contribution in [0, 0.1) is 6.92 Å². The first kappa shape index (κ1) is 22.0. The van der Waals surface area contributed by atoms with Gasteiger partial charge in [-0.2, -0.15) is 4.31 Å². The first-order valence-electron chi connectivity index (χ1n) is 10.5. The highest BCUT2D eigenvalue weighted by Crippen LogP contribution is 2.34. The number of benzene rings is 1. The average molecular weight is 458 g/mol. The van der Waals surface area contributed by atoms with Gasteiger partial charge in [-0.1, -0.05) is 37.3 Å². The van der Waals surface area contributed by atoms with Gasteiger partial charge in [-0.3, -0.25) is 9.69 Å². The second-order valence-electron chi connectivity index (χ2n) is 7.80. The van der Waals surface area contributed by atoms with Gasteiger partial charge in [0.25, 0.3) is 15.6 Å². The minimum atomic E-state index is -3.53. The van der Waals surface area contributed by atoms with Gasteiger partial charge in [0.05, 0.1) is 0 Å². The standard InChI is InChI=1S/C23H27N3O3S2/c1-3-19-15-20(17(2)24-23(19)27)21-9-10-22(30-21)31(28,29)26-13-11-25(12-14-26)16-18-7-5-4-6-8-18/h4-10,15H,3,11-14,16H2,1-2H3,(H,24,27). The molecule has 0 saturated carbocycles. The second-order valence-corrected chi connectivity index (χ2v) is 11.0. The van der Waals surface area contributed by atoms with E-state index in [0.717, 1.165) is 22.7 Å². The first-order valence-corrected chi connectivity index (χ1v) is 12.7. The van der Waals surface area contributed by atoms with Crippen LogP contribution >= 0.6 is 11.3 Å². The number of hydrogen-bond donors (Lipinski definition) is 1. The molecule has 0 radical (unpaired) electrons. The van der Waals surface area contributed by atoms with Gasteiger partial charge in [-0.25, -0.2) is 8.42 Å². The molecule has 0 unspecified atom stereocenters. The van der Waals surface area contributed by atoms with Gasteiger partial charge < -0.3 is 4.98 Å². The molecule has 8 heteroatoms. The molecule has 0 aliphatic carbocycles. The molecular formula is C23H27N3O3S2. The van der Waals surface area contributed by atoms with Crippen LogP contribution in [0.5, 0.6) is 0 Å². The fraction of sp³-hybridized carbons (Fsp3) is 0.348. The zero-order valence-electron chi connectivity index (χ0n) is 17.8. The minimum Gasteiger partial charge on any atom is -0.326 e. The van der Waals surface area contributed by atoms with E-state index in [2.05, 4.69) is 22.0 Å². The largest absolute Gasteiger partial charge is 0.326 e. The van der Waals surface area contributed by atoms with Gasteiger partial charge in [0.1, 0.15) is 4.21 Å². The van der Waals surface area contributed by atoms with Crippen molar-refractivity contribution in [3.8, 4) is 10.4 Å². The summed E-state index contributed by atoms with van der Waals surface area (Å²) in [4.78, 5) is 18.0. The van der Waals surface area contributed by atoms with E-state index in [1.54, 1.807) is 10.4 Å². The Morgan fingerprint density at radius 1 is 1.03 bits per heavy atom. The normalized spacial score (nSPS) is 15.9. The number of rotatable bonds is 6. The number of sulfonamides is 1. The molecule has 0 amide bonds. The molecule has 1 aliphatic heterocycles. The third kappa shape index (κ3) is 4.67. The Morgan fingerprint density at radius 3 is 2.42 bits per heavy atom. The molecule has 1 aliphatic rings. The summed E-state index contributed by atoms with van der Waals surface area (Å²) in [6.07, 6.45) is 0.631. The van der Waals surface area contributed by atoms with Crippen molar-refractivity contribution in [2.75, 3.05) is 26.2 Å². The van der Waals surface area contributed by atoms with Gasteiger partial charge in [0, 0.05) is 54.4 Å². The Bertz CT molecular complexity index is 1210. The summed E-state index contributed by atoms with van der Waals surface area (Å²) in [6.45, 7) is 7.02. The molecule has 164 valence electrons. The molecule has 0 bridgehead atoms. The number of nitrogens with zero attached hydrogens (tertiary/aromatic N) is 2. The van der Waals surface area contributed by atoms with Crippen LogP contribution < -0.4 is 5.56 Å². The molecule has 31 heavy (non-hydrogen) atoms. The lowest BCUT2D eigenvalue weighted by Gasteiger charge is -2.33. The number of aromatic amines is 1. The monoisotopic (exact) mass is 457 g/mol. The van der Waals surface area contributed by atoms with E-state index in [-0.39, 0.29) is 5.56 Å². The Balaban J connectivity index is 1.48. The van der Waals surface area contributed by atoms with Crippen molar-refractivity contribution in [1.82, 2.24) is 14.2 Å². The third-order valence-corrected chi connectivity index (χ3v) is 9.20. The maximum absolute atomic E-state index is 13.2. The summed E-state index contributed by atoms with van der Waals surface area (Å²) < 4.78 is 28.4. The van der Waals surface area contributed by atoms with Crippen LogP contribution in [0.15, 0.2) is 57.5 Å². The summed E-state index contributed by atoms with van der Waals surface area (Å²) in [6, 6.07) is 15.6. The van der Waals surface area contributed by atoms with E-state index >= 15 is 0 Å². The lowest BCUT2D eigenvalue weighted by molar-refractivity contribution is 0.182. The van der Waals surface area contributed by atoms with Crippen molar-refractivity contribution < 1.29 is 8.42 Å². The van der Waals surface area contributed by atoms with Crippen molar-refractivity contribution in [3.63, 3.8) is 0 Å². The number of aryl methyl sites for hydroxylation is 2. The van der Waals surface area contributed by atoms with E-state index in [1.165, 1.54) is 16.9 Å². The third-order valence-electron chi connectivity index (χ3n) is 5.72. The van der Waals surface area contributed by atoms with Crippen molar-refractivity contribution >= 4 is 21.4 Å². The van der Waals surface area contributed by atoms with Crippen molar-refractivity contribution in [1.29, 1.82) is 0 Å². The van der Waals surface area contributed by atoms with E-state index < -0.39 is 10.0 Å². The van der Waals surface area contributed by atoms with Crippen molar-refractivity contribution in [3.05, 3.63) is 75.7 Å². The zero-order chi connectivity index (χ0) is 22.0. The van der Waals surface area contributed by atoms with Crippen LogP contribution in [0.3, 0.4) is 0 Å². The summed E-state index contributed by atoms with van der Waals surface area (Å²) >= 11 is 1.26. The highest BCUT2D eigenvalue weighted by molar-refractivity contribution is 7.91. The Hall–Kier alpha value is -2.26. The van der Waals surface area contributed by atoms with Crippen LogP contribution in [0.1, 0.15) is 23.7 Å². The molecule has 3 aromatic rings. The fourth-order valence-corrected chi connectivity index (χ4v) is 6.84. The lowest BCUT2D eigenvalue weighted by Crippen LogP contribution is -2.48. The topological polar surface area (TPSA) is 73.5 Å². The number of thiophene rings is 1. The van der Waals surface area contributed by atoms with Crippen LogP contribution in [-0.2, 0) is 23.0 Å². The van der Waals surface area contributed by atoms with Crippen LogP contribution in [0.4, 0.5) is 0 Å². The maximum Gasteiger partial charge on any atom is 0.252 e. The molecule has 6 nitrogen and oxygen atoms in total. The van der Waals surface area contributed by atoms with Crippen LogP contribution in [0.25, 0.3) is 10.4 Å². The molecule has 2 aromatic heterocycles. The molecule has 1 saturated heterocycles. The van der Waals surface area contributed by atoms with Crippen molar-refractivity contribution in [2.24, 2.45) is 0 Å². The lowest BCUT2D eigenvalue weighted by atomic mass is 10.1. The molecule has 1 N–H and O–H groups in total. The summed E-state index contributed by atoms with van der Waals surface area (Å²) in [7, 11) is -3.53. The maximum atomic E-state index is 13.2. The predicted octanol–water partition coefficient (Wildman–Crippen LogP) is 3.48. The SMILES string of the molecule is CCc1cc(-c2ccc(S(=O)(=O)N3CCN(Cc4ccccc4)CC3)s2)c(C)[nH]c1=O. The Labute approximate surface area is 187 Å². The van der Waals surface area contributed by atoms with E-state index in [0.29, 0.717) is 42.4 Å². The van der Waals surface area contributed by atoms with E-state index in [4.69, 9.17) is 0 Å². The highest BCUT2D eigenvalue weighted by atomic mass is 32.2. The molecular weight excluding hydrogens is 430 g/mol. The Morgan fingerprint density at radius 2 is 1.74 bits per heavy atom. The predicted molar refractivity (Wildman–Crippen MR) is 125 cm³/mol. The highest BCUT2D eigenvalue weighted by Gasteiger charge is 2.30. The summed E-state index contributed by atoms with van der Waals surface area (Å²) in [5.41, 5.74) is 3.50. The van der Waals surface area contributed by atoms with E-state index in [9.17, 15) is 13.2 Å². The second kappa shape index (κ2) is 9.08. The van der Waals surface area contributed by atoms with Gasteiger partial charge >= 0.3 is 0 Å². The van der Waals surface area contributed by atoms with Gasteiger partial charge in [0.15, 0.2) is 0 Å². The molecule has 1 aromatic carbocycles. The van der Waals surface area contributed by atoms with Crippen molar-refractivity contribution in [2.45, 2.75) is 31.0 Å². The first-order chi connectivity index (χ1) is 14.9. The quantitative estimate of drug-likeness (QED) is 0.615. The van der Waals surface area contributed by atoms with Crippen LogP contribution in [0.2, 0.25) is 0 Å². The van der Waals surface area contributed by atoms with Gasteiger partial charge in [0.2, 0.25) is 0 Å². The van der Waals surface area contributed by atoms with Gasteiger partial charge in [-0.05, 0) is 37.1 Å². The smallest absolute Gasteiger partial charge is 0.252 e. The van der Waals surface area contributed by atoms with E-state index in [1.807, 2.05) is 44.2 Å². The molecule has 4 rings (SSSR count). The number of piperazine rings is 1. The van der Waals surface area contributed by atoms with Gasteiger partial charge in [-0.15, -0.1) is 11.3 Å². The molecule has 3 heterocycles. The number of nitrogens with one attached hydrogen (secondary N) is 1. The fourth-order valence-electron chi connectivity index (χ4n) is 3.88. The zero-order valence-corrected chi connectivity index (χ0v) is 19.4. The summed E-state index contributed by atoms with van der Waals surface area (Å²) in [5, 5.41) is 0. The van der Waals surface area contributed by atoms with Crippen LogP contribution in [-0.4, -0.2) is 48.8 Å². The summed E-state index contributed by atoms with van der Waals surface area (Å²) in [5.74, 6) is 0. The minimum absolute atomic E-state index is 0.0819. The number of pyridine rings is 1. The number of aromatic nitrogens is 1. The molecule has 1 fully saturated rings. The number of hydrogen-bond acceptors (Lipinski definition) is 5. The Kier molecular flexibility index (Phi) is 6.43.